The van der Waals surface area contributed by atoms with Crippen LogP contribution in [0.4, 0.5) is 5.69 Å². The Morgan fingerprint density at radius 3 is 2.61 bits per heavy atom. The summed E-state index contributed by atoms with van der Waals surface area (Å²) in [6.45, 7) is 2.39. The number of nitrogens with one attached hydrogen (secondary N) is 3. The van der Waals surface area contributed by atoms with Crippen LogP contribution in [0.5, 0.6) is 0 Å². The van der Waals surface area contributed by atoms with Gasteiger partial charge < -0.3 is 16.4 Å². The van der Waals surface area contributed by atoms with Gasteiger partial charge in [-0.15, -0.1) is 0 Å². The maximum Gasteiger partial charge on any atom is 0.252 e. The lowest BCUT2D eigenvalue weighted by molar-refractivity contribution is -0.126. The topological polar surface area (TPSA) is 121 Å². The molecule has 8 heteroatoms. The highest BCUT2D eigenvalue weighted by molar-refractivity contribution is 6.11. The van der Waals surface area contributed by atoms with Crippen LogP contribution in [0.25, 0.3) is 0 Å². The van der Waals surface area contributed by atoms with Crippen LogP contribution in [0.2, 0.25) is 0 Å². The molecule has 0 saturated heterocycles. The summed E-state index contributed by atoms with van der Waals surface area (Å²) in [6.07, 6.45) is -0.0526. The molecule has 0 saturated carbocycles. The molecule has 0 bridgehead atoms. The van der Waals surface area contributed by atoms with Crippen LogP contribution >= 0.6 is 0 Å². The van der Waals surface area contributed by atoms with Gasteiger partial charge in [-0.05, 0) is 24.6 Å². The normalized spacial score (nSPS) is 16.3. The van der Waals surface area contributed by atoms with Crippen molar-refractivity contribution in [3.05, 3.63) is 65.7 Å². The minimum absolute atomic E-state index is 0.0526. The van der Waals surface area contributed by atoms with Crippen molar-refractivity contribution < 1.29 is 9.59 Å². The Hall–Kier alpha value is -3.68. The summed E-state index contributed by atoms with van der Waals surface area (Å²) in [7, 11) is 0. The molecule has 0 spiro atoms. The standard InChI is InChI=1S/C20H22N6O2/c1-13-7-9-15(10-8-13)23-19(21)26-20-24-16(18(28)25-20)11-17(27)22-12-14-5-3-2-4-6-14/h2-10,16H,11-12H2,1H3,(H,22,27)(H4,21,23,24,25,26,28)/t16-/m0/s1. The molecule has 28 heavy (non-hydrogen) atoms. The van der Waals surface area contributed by atoms with E-state index < -0.39 is 6.04 Å². The lowest BCUT2D eigenvalue weighted by atomic mass is 10.2. The van der Waals surface area contributed by atoms with Gasteiger partial charge in [0.15, 0.2) is 0 Å². The molecule has 5 N–H and O–H groups in total. The quantitative estimate of drug-likeness (QED) is 0.463. The fourth-order valence-corrected chi connectivity index (χ4v) is 2.60. The van der Waals surface area contributed by atoms with Crippen LogP contribution in [-0.2, 0) is 16.1 Å². The van der Waals surface area contributed by atoms with E-state index in [9.17, 15) is 9.59 Å². The Morgan fingerprint density at radius 1 is 1.18 bits per heavy atom. The van der Waals surface area contributed by atoms with Gasteiger partial charge in [-0.2, -0.15) is 4.99 Å². The van der Waals surface area contributed by atoms with E-state index in [0.717, 1.165) is 16.8 Å². The first-order valence-corrected chi connectivity index (χ1v) is 8.87. The summed E-state index contributed by atoms with van der Waals surface area (Å²) in [4.78, 5) is 32.3. The Balaban J connectivity index is 1.54. The first-order chi connectivity index (χ1) is 13.5. The van der Waals surface area contributed by atoms with Crippen molar-refractivity contribution in [2.24, 2.45) is 15.7 Å². The van der Waals surface area contributed by atoms with Crippen molar-refractivity contribution in [3.63, 3.8) is 0 Å². The summed E-state index contributed by atoms with van der Waals surface area (Å²) >= 11 is 0. The number of amides is 2. The second kappa shape index (κ2) is 8.81. The number of benzene rings is 2. The van der Waals surface area contributed by atoms with Gasteiger partial charge in [0.2, 0.25) is 17.8 Å². The number of anilines is 1. The van der Waals surface area contributed by atoms with E-state index in [2.05, 4.69) is 25.9 Å². The van der Waals surface area contributed by atoms with Crippen molar-refractivity contribution in [2.75, 3.05) is 5.32 Å². The van der Waals surface area contributed by atoms with Gasteiger partial charge in [0.05, 0.1) is 6.42 Å². The van der Waals surface area contributed by atoms with Crippen molar-refractivity contribution in [1.82, 2.24) is 10.6 Å². The number of nitrogens with zero attached hydrogens (tertiary/aromatic N) is 2. The van der Waals surface area contributed by atoms with Crippen LogP contribution in [0, 0.1) is 6.92 Å². The lowest BCUT2D eigenvalue weighted by Gasteiger charge is -2.06. The van der Waals surface area contributed by atoms with E-state index in [1.54, 1.807) is 0 Å². The lowest BCUT2D eigenvalue weighted by Crippen LogP contribution is -2.33. The molecule has 1 aliphatic rings. The molecule has 2 aromatic rings. The zero-order valence-electron chi connectivity index (χ0n) is 15.5. The Kier molecular flexibility index (Phi) is 6.01. The molecule has 0 fully saturated rings. The molecular formula is C20H22N6O2. The summed E-state index contributed by atoms with van der Waals surface area (Å²) in [5, 5.41) is 8.23. The number of rotatable bonds is 5. The zero-order chi connectivity index (χ0) is 19.9. The minimum Gasteiger partial charge on any atom is -0.369 e. The number of hydrogen-bond acceptors (Lipinski definition) is 4. The smallest absolute Gasteiger partial charge is 0.252 e. The van der Waals surface area contributed by atoms with Crippen molar-refractivity contribution >= 4 is 29.4 Å². The van der Waals surface area contributed by atoms with Gasteiger partial charge in [0, 0.05) is 12.2 Å². The average molecular weight is 378 g/mol. The highest BCUT2D eigenvalue weighted by atomic mass is 16.2. The Labute approximate surface area is 163 Å². The number of nitrogens with two attached hydrogens (primary N) is 1. The van der Waals surface area contributed by atoms with E-state index in [0.29, 0.717) is 6.54 Å². The molecule has 8 nitrogen and oxygen atoms in total. The van der Waals surface area contributed by atoms with E-state index in [1.807, 2.05) is 61.5 Å². The average Bonchev–Trinajstić information content (AvgIpc) is 3.01. The summed E-state index contributed by atoms with van der Waals surface area (Å²) < 4.78 is 0. The van der Waals surface area contributed by atoms with Crippen LogP contribution in [0.15, 0.2) is 64.6 Å². The summed E-state index contributed by atoms with van der Waals surface area (Å²) in [6, 6.07) is 16.3. The maximum absolute atomic E-state index is 12.1. The molecule has 3 rings (SSSR count). The van der Waals surface area contributed by atoms with Gasteiger partial charge in [-0.25, -0.2) is 4.99 Å². The third-order valence-electron chi connectivity index (χ3n) is 4.08. The molecule has 0 unspecified atom stereocenters. The minimum atomic E-state index is -0.818. The molecular weight excluding hydrogens is 356 g/mol. The number of aryl methyl sites for hydroxylation is 1. The molecule has 0 aliphatic carbocycles. The van der Waals surface area contributed by atoms with Crippen LogP contribution in [0.3, 0.4) is 0 Å². The van der Waals surface area contributed by atoms with Gasteiger partial charge in [-0.3, -0.25) is 14.9 Å². The third-order valence-corrected chi connectivity index (χ3v) is 4.08. The fourth-order valence-electron chi connectivity index (χ4n) is 2.60. The molecule has 1 atom stereocenters. The van der Waals surface area contributed by atoms with E-state index in [4.69, 9.17) is 5.73 Å². The number of hydrogen-bond donors (Lipinski definition) is 4. The third kappa shape index (κ3) is 5.41. The predicted octanol–water partition coefficient (Wildman–Crippen LogP) is 1.28. The second-order valence-corrected chi connectivity index (χ2v) is 6.41. The largest absolute Gasteiger partial charge is 0.369 e. The summed E-state index contributed by atoms with van der Waals surface area (Å²) in [5.74, 6) is -0.458. The van der Waals surface area contributed by atoms with Crippen LogP contribution < -0.4 is 21.7 Å². The molecule has 144 valence electrons. The van der Waals surface area contributed by atoms with E-state index in [-0.39, 0.29) is 30.2 Å². The van der Waals surface area contributed by atoms with Crippen molar-refractivity contribution in [1.29, 1.82) is 0 Å². The first-order valence-electron chi connectivity index (χ1n) is 8.87. The van der Waals surface area contributed by atoms with Crippen molar-refractivity contribution in [3.8, 4) is 0 Å². The van der Waals surface area contributed by atoms with Gasteiger partial charge >= 0.3 is 0 Å². The predicted molar refractivity (Wildman–Crippen MR) is 109 cm³/mol. The van der Waals surface area contributed by atoms with Crippen LogP contribution in [0.1, 0.15) is 17.5 Å². The van der Waals surface area contributed by atoms with E-state index >= 15 is 0 Å². The molecule has 2 aromatic carbocycles. The van der Waals surface area contributed by atoms with Gasteiger partial charge in [0.25, 0.3) is 5.91 Å². The molecule has 1 heterocycles. The maximum atomic E-state index is 12.1. The zero-order valence-corrected chi connectivity index (χ0v) is 15.5. The van der Waals surface area contributed by atoms with Gasteiger partial charge in [0.1, 0.15) is 6.04 Å². The molecule has 1 aliphatic heterocycles. The number of aliphatic imine (C=N–C) groups is 2. The first kappa shape index (κ1) is 19.1. The SMILES string of the molecule is Cc1ccc(NC(N)=NC2=N[C@@H](CC(=O)NCc3ccccc3)C(=O)N2)cc1. The van der Waals surface area contributed by atoms with Gasteiger partial charge in [-0.1, -0.05) is 48.0 Å². The number of carbonyl (C=O) groups excluding carboxylic acids is 2. The second-order valence-electron chi connectivity index (χ2n) is 6.41. The number of guanidine groups is 2. The van der Waals surface area contributed by atoms with Crippen LogP contribution in [-0.4, -0.2) is 29.8 Å². The molecule has 2 amide bonds. The van der Waals surface area contributed by atoms with E-state index in [1.165, 1.54) is 0 Å². The highest BCUT2D eigenvalue weighted by Gasteiger charge is 2.28. The summed E-state index contributed by atoms with van der Waals surface area (Å²) in [5.41, 5.74) is 8.74. The molecule has 0 radical (unpaired) electrons. The molecule has 0 aromatic heterocycles. The van der Waals surface area contributed by atoms with Crippen molar-refractivity contribution in [2.45, 2.75) is 25.9 Å². The fraction of sp³-hybridized carbons (Fsp3) is 0.200. The Bertz CT molecular complexity index is 906. The number of carbonyl (C=O) groups is 2. The monoisotopic (exact) mass is 378 g/mol. The Morgan fingerprint density at radius 2 is 1.89 bits per heavy atom. The highest BCUT2D eigenvalue weighted by Crippen LogP contribution is 2.09.